The summed E-state index contributed by atoms with van der Waals surface area (Å²) >= 11 is 1.24. The zero-order chi connectivity index (χ0) is 15.7. The van der Waals surface area contributed by atoms with Crippen LogP contribution in [0.3, 0.4) is 0 Å². The number of hydrogen-bond acceptors (Lipinski definition) is 6. The second-order valence-corrected chi connectivity index (χ2v) is 5.61. The van der Waals surface area contributed by atoms with Gasteiger partial charge in [0.2, 0.25) is 5.88 Å². The minimum absolute atomic E-state index is 0.339. The van der Waals surface area contributed by atoms with E-state index in [1.54, 1.807) is 18.6 Å². The smallest absolute Gasteiger partial charge is 0.260 e. The number of thiophene rings is 1. The number of amides is 1. The molecule has 22 heavy (non-hydrogen) atoms. The van der Waals surface area contributed by atoms with Crippen LogP contribution in [0.2, 0.25) is 0 Å². The van der Waals surface area contributed by atoms with Gasteiger partial charge in [-0.2, -0.15) is 0 Å². The quantitative estimate of drug-likeness (QED) is 0.769. The third-order valence-electron chi connectivity index (χ3n) is 3.20. The normalized spacial score (nSPS) is 10.8. The zero-order valence-corrected chi connectivity index (χ0v) is 12.7. The van der Waals surface area contributed by atoms with Crippen molar-refractivity contribution in [2.45, 2.75) is 6.92 Å². The van der Waals surface area contributed by atoms with E-state index in [9.17, 15) is 4.79 Å². The molecule has 0 aliphatic heterocycles. The SMILES string of the molecule is CCOc1ncccc1-c1cncc2sc(C(N)=O)c(N)c12. The lowest BCUT2D eigenvalue weighted by atomic mass is 10.0. The number of carbonyl (C=O) groups excluding carboxylic acids is 1. The van der Waals surface area contributed by atoms with Crippen LogP contribution in [-0.4, -0.2) is 22.5 Å². The average molecular weight is 314 g/mol. The van der Waals surface area contributed by atoms with E-state index in [1.807, 2.05) is 19.1 Å². The van der Waals surface area contributed by atoms with Crippen molar-refractivity contribution in [3.8, 4) is 17.0 Å². The molecule has 3 aromatic heterocycles. The van der Waals surface area contributed by atoms with Crippen molar-refractivity contribution >= 4 is 33.0 Å². The number of fused-ring (bicyclic) bond motifs is 1. The molecule has 0 unspecified atom stereocenters. The Balaban J connectivity index is 2.30. The maximum atomic E-state index is 11.5. The number of nitrogen functional groups attached to an aromatic ring is 1. The van der Waals surface area contributed by atoms with E-state index in [4.69, 9.17) is 16.2 Å². The number of anilines is 1. The number of nitrogens with two attached hydrogens (primary N) is 2. The van der Waals surface area contributed by atoms with E-state index in [2.05, 4.69) is 9.97 Å². The van der Waals surface area contributed by atoms with E-state index in [0.717, 1.165) is 21.2 Å². The molecular formula is C15H14N4O2S. The molecule has 0 fully saturated rings. The maximum Gasteiger partial charge on any atom is 0.260 e. The molecule has 0 aliphatic carbocycles. The molecule has 0 saturated heterocycles. The predicted octanol–water partition coefficient (Wildman–Crippen LogP) is 2.44. The lowest BCUT2D eigenvalue weighted by molar-refractivity contribution is 0.100. The summed E-state index contributed by atoms with van der Waals surface area (Å²) in [4.78, 5) is 20.3. The Bertz CT molecular complexity index is 860. The number of pyridine rings is 2. The van der Waals surface area contributed by atoms with Gasteiger partial charge >= 0.3 is 0 Å². The third kappa shape index (κ3) is 2.25. The highest BCUT2D eigenvalue weighted by Crippen LogP contribution is 2.41. The van der Waals surface area contributed by atoms with Crippen LogP contribution in [0.1, 0.15) is 16.6 Å². The van der Waals surface area contributed by atoms with Gasteiger partial charge in [-0.05, 0) is 19.1 Å². The number of primary amides is 1. The molecule has 0 bridgehead atoms. The van der Waals surface area contributed by atoms with Gasteiger partial charge in [0.25, 0.3) is 5.91 Å². The van der Waals surface area contributed by atoms with Gasteiger partial charge in [0.1, 0.15) is 4.88 Å². The molecule has 3 aromatic rings. The van der Waals surface area contributed by atoms with E-state index >= 15 is 0 Å². The maximum absolute atomic E-state index is 11.5. The van der Waals surface area contributed by atoms with Gasteiger partial charge in [0.05, 0.1) is 17.0 Å². The highest BCUT2D eigenvalue weighted by Gasteiger charge is 2.19. The Morgan fingerprint density at radius 3 is 2.91 bits per heavy atom. The third-order valence-corrected chi connectivity index (χ3v) is 4.36. The Morgan fingerprint density at radius 2 is 2.18 bits per heavy atom. The Morgan fingerprint density at radius 1 is 1.36 bits per heavy atom. The first kappa shape index (κ1) is 14.3. The molecule has 0 spiro atoms. The van der Waals surface area contributed by atoms with Crippen molar-refractivity contribution in [2.75, 3.05) is 12.3 Å². The van der Waals surface area contributed by atoms with Crippen LogP contribution >= 0.6 is 11.3 Å². The van der Waals surface area contributed by atoms with Gasteiger partial charge in [-0.3, -0.25) is 9.78 Å². The standard InChI is InChI=1S/C15H14N4O2S/c1-2-21-15-8(4-3-5-19-15)9-6-18-7-10-11(9)12(16)13(22-10)14(17)20/h3-7H,2,16H2,1H3,(H2,17,20). The molecule has 1 amide bonds. The summed E-state index contributed by atoms with van der Waals surface area (Å²) in [7, 11) is 0. The topological polar surface area (TPSA) is 104 Å². The molecule has 7 heteroatoms. The first-order chi connectivity index (χ1) is 10.6. The largest absolute Gasteiger partial charge is 0.478 e. The molecule has 0 aromatic carbocycles. The molecule has 0 aliphatic rings. The van der Waals surface area contributed by atoms with Gasteiger partial charge in [-0.15, -0.1) is 11.3 Å². The molecule has 3 heterocycles. The van der Waals surface area contributed by atoms with Gasteiger partial charge in [0, 0.05) is 35.1 Å². The number of aromatic nitrogens is 2. The number of rotatable bonds is 4. The van der Waals surface area contributed by atoms with E-state index in [0.29, 0.717) is 23.1 Å². The van der Waals surface area contributed by atoms with Crippen LogP contribution in [-0.2, 0) is 0 Å². The molecule has 112 valence electrons. The fourth-order valence-electron chi connectivity index (χ4n) is 2.31. The van der Waals surface area contributed by atoms with E-state index < -0.39 is 5.91 Å². The number of ether oxygens (including phenoxy) is 1. The average Bonchev–Trinajstić information content (AvgIpc) is 2.86. The fraction of sp³-hybridized carbons (Fsp3) is 0.133. The summed E-state index contributed by atoms with van der Waals surface area (Å²) in [5, 5.41) is 0.753. The molecule has 3 rings (SSSR count). The molecule has 6 nitrogen and oxygen atoms in total. The molecule has 4 N–H and O–H groups in total. The highest BCUT2D eigenvalue weighted by molar-refractivity contribution is 7.21. The summed E-state index contributed by atoms with van der Waals surface area (Å²) < 4.78 is 6.37. The number of carbonyl (C=O) groups is 1. The van der Waals surface area contributed by atoms with Crippen LogP contribution in [0.15, 0.2) is 30.7 Å². The van der Waals surface area contributed by atoms with Crippen molar-refractivity contribution in [1.82, 2.24) is 9.97 Å². The van der Waals surface area contributed by atoms with E-state index in [-0.39, 0.29) is 0 Å². The summed E-state index contributed by atoms with van der Waals surface area (Å²) in [6.07, 6.45) is 5.02. The van der Waals surface area contributed by atoms with Crippen LogP contribution in [0.25, 0.3) is 21.2 Å². The number of hydrogen-bond donors (Lipinski definition) is 2. The fourth-order valence-corrected chi connectivity index (χ4v) is 3.28. The highest BCUT2D eigenvalue weighted by atomic mass is 32.1. The first-order valence-corrected chi connectivity index (χ1v) is 7.49. The molecule has 0 saturated carbocycles. The molecular weight excluding hydrogens is 300 g/mol. The summed E-state index contributed by atoms with van der Waals surface area (Å²) in [6.45, 7) is 2.39. The van der Waals surface area contributed by atoms with Crippen molar-refractivity contribution < 1.29 is 9.53 Å². The summed E-state index contributed by atoms with van der Waals surface area (Å²) in [6, 6.07) is 3.70. The monoisotopic (exact) mass is 314 g/mol. The van der Waals surface area contributed by atoms with Crippen molar-refractivity contribution in [2.24, 2.45) is 5.73 Å². The zero-order valence-electron chi connectivity index (χ0n) is 11.9. The van der Waals surface area contributed by atoms with Gasteiger partial charge in [0.15, 0.2) is 0 Å². The van der Waals surface area contributed by atoms with Crippen LogP contribution in [0, 0.1) is 0 Å². The minimum atomic E-state index is -0.541. The second-order valence-electron chi connectivity index (χ2n) is 4.56. The molecule has 0 radical (unpaired) electrons. The molecule has 0 atom stereocenters. The van der Waals surface area contributed by atoms with Gasteiger partial charge < -0.3 is 16.2 Å². The van der Waals surface area contributed by atoms with Crippen molar-refractivity contribution in [3.63, 3.8) is 0 Å². The van der Waals surface area contributed by atoms with E-state index in [1.165, 1.54) is 11.3 Å². The minimum Gasteiger partial charge on any atom is -0.478 e. The summed E-state index contributed by atoms with van der Waals surface area (Å²) in [5.74, 6) is -0.0357. The van der Waals surface area contributed by atoms with Crippen LogP contribution in [0.5, 0.6) is 5.88 Å². The first-order valence-electron chi connectivity index (χ1n) is 6.67. The Hall–Kier alpha value is -2.67. The predicted molar refractivity (Wildman–Crippen MR) is 87.0 cm³/mol. The van der Waals surface area contributed by atoms with Gasteiger partial charge in [-0.1, -0.05) is 0 Å². The van der Waals surface area contributed by atoms with Crippen molar-refractivity contribution in [1.29, 1.82) is 0 Å². The Labute approximate surface area is 130 Å². The lowest BCUT2D eigenvalue weighted by Crippen LogP contribution is -2.10. The Kier molecular flexibility index (Phi) is 3.64. The number of nitrogens with zero attached hydrogens (tertiary/aromatic N) is 2. The summed E-state index contributed by atoms with van der Waals surface area (Å²) in [5.41, 5.74) is 13.4. The van der Waals surface area contributed by atoms with Crippen molar-refractivity contribution in [3.05, 3.63) is 35.6 Å². The van der Waals surface area contributed by atoms with Crippen LogP contribution in [0.4, 0.5) is 5.69 Å². The van der Waals surface area contributed by atoms with Gasteiger partial charge in [-0.25, -0.2) is 4.98 Å². The second kappa shape index (κ2) is 5.61. The lowest BCUT2D eigenvalue weighted by Gasteiger charge is -2.10. The van der Waals surface area contributed by atoms with Crippen LogP contribution < -0.4 is 16.2 Å².